The highest BCUT2D eigenvalue weighted by Gasteiger charge is 2.17. The molecular weight excluding hydrogens is 247 g/mol. The summed E-state index contributed by atoms with van der Waals surface area (Å²) in [6, 6.07) is 9.56. The zero-order chi connectivity index (χ0) is 12.0. The maximum absolute atomic E-state index is 11.2. The van der Waals surface area contributed by atoms with Crippen LogP contribution in [0.1, 0.15) is 18.4 Å². The molecule has 2 nitrogen and oxygen atoms in total. The molecule has 0 amide bonds. The Bertz CT molecular complexity index is 363. The second-order valence-electron chi connectivity index (χ2n) is 3.58. The van der Waals surface area contributed by atoms with Crippen molar-refractivity contribution in [2.24, 2.45) is 5.92 Å². The van der Waals surface area contributed by atoms with E-state index in [0.717, 1.165) is 5.56 Å². The quantitative estimate of drug-likeness (QED) is 0.735. The lowest BCUT2D eigenvalue weighted by Crippen LogP contribution is -2.13. The van der Waals surface area contributed by atoms with Crippen LogP contribution in [-0.2, 0) is 16.0 Å². The van der Waals surface area contributed by atoms with Gasteiger partial charge < -0.3 is 0 Å². The fraction of sp³-hybridized carbons (Fsp3) is 0.333. The van der Waals surface area contributed by atoms with Gasteiger partial charge in [-0.15, -0.1) is 0 Å². The molecular formula is C12H12Cl2O2. The van der Waals surface area contributed by atoms with Crippen LogP contribution < -0.4 is 0 Å². The van der Waals surface area contributed by atoms with Crippen LogP contribution in [0.25, 0.3) is 0 Å². The molecule has 0 heterocycles. The van der Waals surface area contributed by atoms with Gasteiger partial charge in [0.1, 0.15) is 0 Å². The number of benzene rings is 1. The second kappa shape index (κ2) is 6.66. The fourth-order valence-corrected chi connectivity index (χ4v) is 1.78. The van der Waals surface area contributed by atoms with Crippen LogP contribution in [0, 0.1) is 5.92 Å². The maximum atomic E-state index is 11.2. The Morgan fingerprint density at radius 3 is 2.25 bits per heavy atom. The van der Waals surface area contributed by atoms with Gasteiger partial charge in [0.05, 0.1) is 0 Å². The first-order valence-electron chi connectivity index (χ1n) is 5.01. The van der Waals surface area contributed by atoms with Crippen molar-refractivity contribution in [3.63, 3.8) is 0 Å². The number of carbonyl (C=O) groups is 2. The van der Waals surface area contributed by atoms with E-state index in [2.05, 4.69) is 0 Å². The van der Waals surface area contributed by atoms with Crippen LogP contribution in [0.2, 0.25) is 0 Å². The van der Waals surface area contributed by atoms with Crippen molar-refractivity contribution >= 4 is 33.7 Å². The van der Waals surface area contributed by atoms with Crippen molar-refractivity contribution < 1.29 is 9.59 Å². The third kappa shape index (κ3) is 4.77. The molecule has 0 aliphatic carbocycles. The molecule has 0 radical (unpaired) electrons. The monoisotopic (exact) mass is 258 g/mol. The van der Waals surface area contributed by atoms with E-state index in [1.165, 1.54) is 0 Å². The van der Waals surface area contributed by atoms with Gasteiger partial charge >= 0.3 is 0 Å². The van der Waals surface area contributed by atoms with Crippen LogP contribution in [0.5, 0.6) is 0 Å². The van der Waals surface area contributed by atoms with Gasteiger partial charge in [-0.1, -0.05) is 30.3 Å². The molecule has 1 aromatic carbocycles. The van der Waals surface area contributed by atoms with E-state index in [1.54, 1.807) is 0 Å². The zero-order valence-electron chi connectivity index (χ0n) is 8.66. The summed E-state index contributed by atoms with van der Waals surface area (Å²) in [5, 5.41) is -0.849. The number of hydrogen-bond donors (Lipinski definition) is 0. The van der Waals surface area contributed by atoms with Gasteiger partial charge in [-0.25, -0.2) is 0 Å². The number of halogens is 2. The standard InChI is InChI=1S/C12H12Cl2O2/c13-11(15)7-6-10(12(14)16)8-9-4-2-1-3-5-9/h1-5,10H,6-8H2. The molecule has 0 spiro atoms. The predicted molar refractivity (Wildman–Crippen MR) is 64.6 cm³/mol. The van der Waals surface area contributed by atoms with Crippen molar-refractivity contribution in [1.82, 2.24) is 0 Å². The first-order valence-corrected chi connectivity index (χ1v) is 5.77. The highest BCUT2D eigenvalue weighted by molar-refractivity contribution is 6.64. The van der Waals surface area contributed by atoms with E-state index in [-0.39, 0.29) is 12.3 Å². The molecule has 0 saturated heterocycles. The van der Waals surface area contributed by atoms with Gasteiger partial charge in [0.2, 0.25) is 10.5 Å². The van der Waals surface area contributed by atoms with Gasteiger partial charge in [0, 0.05) is 12.3 Å². The molecule has 0 saturated carbocycles. The Morgan fingerprint density at radius 2 is 1.75 bits per heavy atom. The van der Waals surface area contributed by atoms with E-state index in [0.29, 0.717) is 12.8 Å². The third-order valence-electron chi connectivity index (χ3n) is 2.34. The van der Waals surface area contributed by atoms with E-state index in [9.17, 15) is 9.59 Å². The number of rotatable bonds is 6. The Hall–Kier alpha value is -0.860. The molecule has 0 N–H and O–H groups in total. The summed E-state index contributed by atoms with van der Waals surface area (Å²) in [5.41, 5.74) is 1.03. The normalized spacial score (nSPS) is 12.1. The summed E-state index contributed by atoms with van der Waals surface area (Å²) in [7, 11) is 0. The highest BCUT2D eigenvalue weighted by atomic mass is 35.5. The number of hydrogen-bond acceptors (Lipinski definition) is 2. The summed E-state index contributed by atoms with van der Waals surface area (Å²) in [6.07, 6.45) is 1.13. The van der Waals surface area contributed by atoms with Crippen LogP contribution in [0.4, 0.5) is 0 Å². The lowest BCUT2D eigenvalue weighted by molar-refractivity contribution is -0.115. The molecule has 0 bridgehead atoms. The highest BCUT2D eigenvalue weighted by Crippen LogP contribution is 2.17. The Kier molecular flexibility index (Phi) is 5.50. The fourth-order valence-electron chi connectivity index (χ4n) is 1.48. The third-order valence-corrected chi connectivity index (χ3v) is 2.83. The molecule has 0 fully saturated rings. The van der Waals surface area contributed by atoms with Gasteiger partial charge in [-0.05, 0) is 41.6 Å². The maximum Gasteiger partial charge on any atom is 0.225 e. The van der Waals surface area contributed by atoms with E-state index in [4.69, 9.17) is 23.2 Å². The molecule has 1 rings (SSSR count). The van der Waals surface area contributed by atoms with Crippen LogP contribution >= 0.6 is 23.2 Å². The average Bonchev–Trinajstić information content (AvgIpc) is 2.25. The summed E-state index contributed by atoms with van der Waals surface area (Å²) < 4.78 is 0. The summed E-state index contributed by atoms with van der Waals surface area (Å²) in [6.45, 7) is 0. The molecule has 1 atom stereocenters. The topological polar surface area (TPSA) is 34.1 Å². The SMILES string of the molecule is O=C(Cl)CCC(Cc1ccccc1)C(=O)Cl. The van der Waals surface area contributed by atoms with Crippen molar-refractivity contribution in [2.75, 3.05) is 0 Å². The summed E-state index contributed by atoms with van der Waals surface area (Å²) in [4.78, 5) is 21.8. The van der Waals surface area contributed by atoms with Crippen LogP contribution in [-0.4, -0.2) is 10.5 Å². The molecule has 1 unspecified atom stereocenters. The molecule has 0 aliphatic heterocycles. The number of carbonyl (C=O) groups excluding carboxylic acids is 2. The van der Waals surface area contributed by atoms with Crippen molar-refractivity contribution in [3.8, 4) is 0 Å². The van der Waals surface area contributed by atoms with E-state index in [1.807, 2.05) is 30.3 Å². The molecule has 4 heteroatoms. The van der Waals surface area contributed by atoms with Crippen LogP contribution in [0.15, 0.2) is 30.3 Å². The molecule has 1 aromatic rings. The average molecular weight is 259 g/mol. The minimum Gasteiger partial charge on any atom is -0.281 e. The molecule has 16 heavy (non-hydrogen) atoms. The smallest absolute Gasteiger partial charge is 0.225 e. The van der Waals surface area contributed by atoms with Gasteiger partial charge in [0.15, 0.2) is 0 Å². The molecule has 0 aliphatic rings. The summed E-state index contributed by atoms with van der Waals surface area (Å²) >= 11 is 10.7. The Morgan fingerprint density at radius 1 is 1.12 bits per heavy atom. The second-order valence-corrected chi connectivity index (χ2v) is 4.38. The Labute approximate surface area is 105 Å². The lowest BCUT2D eigenvalue weighted by atomic mass is 9.96. The first-order chi connectivity index (χ1) is 7.59. The van der Waals surface area contributed by atoms with Crippen molar-refractivity contribution in [1.29, 1.82) is 0 Å². The van der Waals surface area contributed by atoms with Crippen molar-refractivity contribution in [3.05, 3.63) is 35.9 Å². The van der Waals surface area contributed by atoms with Gasteiger partial charge in [0.25, 0.3) is 0 Å². The van der Waals surface area contributed by atoms with Crippen molar-refractivity contribution in [2.45, 2.75) is 19.3 Å². The van der Waals surface area contributed by atoms with Gasteiger partial charge in [-0.3, -0.25) is 9.59 Å². The lowest BCUT2D eigenvalue weighted by Gasteiger charge is -2.10. The minimum atomic E-state index is -0.434. The summed E-state index contributed by atoms with van der Waals surface area (Å²) in [5.74, 6) is -0.341. The molecule has 0 aromatic heterocycles. The van der Waals surface area contributed by atoms with E-state index >= 15 is 0 Å². The zero-order valence-corrected chi connectivity index (χ0v) is 10.2. The van der Waals surface area contributed by atoms with E-state index < -0.39 is 10.5 Å². The minimum absolute atomic E-state index is 0.178. The predicted octanol–water partition coefficient (Wildman–Crippen LogP) is 3.16. The molecule has 86 valence electrons. The Balaban J connectivity index is 2.58. The van der Waals surface area contributed by atoms with Crippen LogP contribution in [0.3, 0.4) is 0 Å². The van der Waals surface area contributed by atoms with Gasteiger partial charge in [-0.2, -0.15) is 0 Å². The first kappa shape index (κ1) is 13.2. The largest absolute Gasteiger partial charge is 0.281 e.